The third-order valence-electron chi connectivity index (χ3n) is 5.79. The highest BCUT2D eigenvalue weighted by atomic mass is 16.6. The van der Waals surface area contributed by atoms with Crippen molar-refractivity contribution in [3.63, 3.8) is 0 Å². The molecule has 1 heterocycles. The van der Waals surface area contributed by atoms with Crippen molar-refractivity contribution in [1.29, 1.82) is 0 Å². The number of benzene rings is 2. The lowest BCUT2D eigenvalue weighted by molar-refractivity contribution is -0.384. The molecule has 1 aromatic heterocycles. The van der Waals surface area contributed by atoms with E-state index in [-0.39, 0.29) is 24.5 Å². The van der Waals surface area contributed by atoms with Gasteiger partial charge in [-0.3, -0.25) is 35.3 Å². The molecule has 0 fully saturated rings. The average molecular weight is 520 g/mol. The van der Waals surface area contributed by atoms with E-state index >= 15 is 0 Å². The molecule has 38 heavy (non-hydrogen) atoms. The Hall–Kier alpha value is -5.00. The number of nitrogens with zero attached hydrogens (tertiary/aromatic N) is 2. The van der Waals surface area contributed by atoms with Gasteiger partial charge in [0.1, 0.15) is 11.5 Å². The quantitative estimate of drug-likeness (QED) is 0.304. The Labute approximate surface area is 217 Å². The van der Waals surface area contributed by atoms with Crippen molar-refractivity contribution in [3.8, 4) is 5.75 Å². The van der Waals surface area contributed by atoms with Crippen molar-refractivity contribution >= 4 is 29.1 Å². The van der Waals surface area contributed by atoms with Gasteiger partial charge in [0, 0.05) is 29.7 Å². The molecule has 196 valence electrons. The molecule has 0 unspecified atom stereocenters. The first kappa shape index (κ1) is 26.1. The number of carbonyl (C=O) groups excluding carboxylic acids is 3. The van der Waals surface area contributed by atoms with Gasteiger partial charge < -0.3 is 9.15 Å². The molecule has 0 atom stereocenters. The molecule has 0 aliphatic heterocycles. The van der Waals surface area contributed by atoms with Crippen LogP contribution in [-0.2, 0) is 22.4 Å². The van der Waals surface area contributed by atoms with Gasteiger partial charge in [0.25, 0.3) is 11.6 Å². The van der Waals surface area contributed by atoms with Crippen LogP contribution in [0.25, 0.3) is 0 Å². The van der Waals surface area contributed by atoms with E-state index in [1.54, 1.807) is 31.2 Å². The number of fused-ring (bicyclic) bond motifs is 1. The van der Waals surface area contributed by atoms with E-state index < -0.39 is 22.6 Å². The zero-order chi connectivity index (χ0) is 27.1. The minimum Gasteiger partial charge on any atom is -0.484 e. The highest BCUT2D eigenvalue weighted by Crippen LogP contribution is 2.29. The lowest BCUT2D eigenvalue weighted by Crippen LogP contribution is -2.43. The summed E-state index contributed by atoms with van der Waals surface area (Å²) in [5.74, 6) is -0.444. The van der Waals surface area contributed by atoms with Crippen LogP contribution in [0.5, 0.6) is 5.75 Å². The summed E-state index contributed by atoms with van der Waals surface area (Å²) in [6, 6.07) is 14.5. The number of hydrazine groups is 1. The number of nitrogens with one attached hydrogen (secondary N) is 3. The number of furan rings is 1. The monoisotopic (exact) mass is 519 g/mol. The summed E-state index contributed by atoms with van der Waals surface area (Å²) in [5.41, 5.74) is 9.44. The van der Waals surface area contributed by atoms with E-state index in [0.29, 0.717) is 53.2 Å². The van der Waals surface area contributed by atoms with E-state index in [0.717, 1.165) is 0 Å². The highest BCUT2D eigenvalue weighted by molar-refractivity contribution is 6.06. The Balaban J connectivity index is 1.35. The first-order chi connectivity index (χ1) is 18.3. The lowest BCUT2D eigenvalue weighted by Gasteiger charge is -2.13. The minimum absolute atomic E-state index is 0.00661. The number of aryl methyl sites for hydroxylation is 1. The summed E-state index contributed by atoms with van der Waals surface area (Å²) >= 11 is 0. The molecule has 0 bridgehead atoms. The normalized spacial score (nSPS) is 13.3. The third kappa shape index (κ3) is 6.40. The molecule has 0 radical (unpaired) electrons. The Morgan fingerprint density at radius 3 is 2.47 bits per heavy atom. The molecule has 3 aromatic rings. The molecule has 12 nitrogen and oxygen atoms in total. The topological polar surface area (TPSA) is 165 Å². The molecular formula is C26H25N5O7. The predicted molar refractivity (Wildman–Crippen MR) is 135 cm³/mol. The lowest BCUT2D eigenvalue weighted by atomic mass is 9.93. The van der Waals surface area contributed by atoms with Crippen LogP contribution in [0.2, 0.25) is 0 Å². The fourth-order valence-electron chi connectivity index (χ4n) is 3.97. The summed E-state index contributed by atoms with van der Waals surface area (Å²) in [4.78, 5) is 47.4. The van der Waals surface area contributed by atoms with Gasteiger partial charge in [0.15, 0.2) is 12.4 Å². The van der Waals surface area contributed by atoms with E-state index in [4.69, 9.17) is 9.15 Å². The van der Waals surface area contributed by atoms with E-state index in [9.17, 15) is 24.5 Å². The number of hydrogen-bond donors (Lipinski definition) is 3. The fourth-order valence-corrected chi connectivity index (χ4v) is 3.97. The Kier molecular flexibility index (Phi) is 8.11. The number of ether oxygens (including phenoxy) is 1. The van der Waals surface area contributed by atoms with Gasteiger partial charge in [-0.1, -0.05) is 30.3 Å². The third-order valence-corrected chi connectivity index (χ3v) is 5.79. The maximum Gasteiger partial charge on any atom is 0.305 e. The molecule has 0 saturated heterocycles. The fraction of sp³-hybridized carbons (Fsp3) is 0.231. The van der Waals surface area contributed by atoms with E-state index in [2.05, 4.69) is 21.4 Å². The molecule has 2 aromatic carbocycles. The number of hydrogen-bond acceptors (Lipinski definition) is 8. The largest absolute Gasteiger partial charge is 0.484 e. The molecule has 0 spiro atoms. The number of rotatable bonds is 8. The van der Waals surface area contributed by atoms with Crippen molar-refractivity contribution in [3.05, 3.63) is 92.9 Å². The summed E-state index contributed by atoms with van der Waals surface area (Å²) in [6.07, 6.45) is 1.87. The number of amides is 3. The molecule has 1 aliphatic carbocycles. The molecule has 1 aliphatic rings. The van der Waals surface area contributed by atoms with Gasteiger partial charge in [0.2, 0.25) is 5.91 Å². The average Bonchev–Trinajstić information content (AvgIpc) is 3.27. The van der Waals surface area contributed by atoms with Crippen LogP contribution < -0.4 is 21.0 Å². The van der Waals surface area contributed by atoms with Gasteiger partial charge >= 0.3 is 5.91 Å². The second kappa shape index (κ2) is 11.8. The van der Waals surface area contributed by atoms with Crippen LogP contribution in [0, 0.1) is 17.0 Å². The zero-order valence-electron chi connectivity index (χ0n) is 20.5. The van der Waals surface area contributed by atoms with Crippen LogP contribution in [-0.4, -0.2) is 35.0 Å². The maximum atomic E-state index is 12.7. The summed E-state index contributed by atoms with van der Waals surface area (Å²) in [7, 11) is 0. The number of nitro benzene ring substituents is 1. The Morgan fingerprint density at radius 1 is 1.03 bits per heavy atom. The van der Waals surface area contributed by atoms with Crippen LogP contribution in [0.15, 0.2) is 64.1 Å². The van der Waals surface area contributed by atoms with Crippen LogP contribution >= 0.6 is 0 Å². The maximum absolute atomic E-state index is 12.7. The smallest absolute Gasteiger partial charge is 0.305 e. The summed E-state index contributed by atoms with van der Waals surface area (Å²) in [5, 5.41) is 15.0. The van der Waals surface area contributed by atoms with Crippen molar-refractivity contribution in [2.24, 2.45) is 5.10 Å². The van der Waals surface area contributed by atoms with Crippen LogP contribution in [0.3, 0.4) is 0 Å². The first-order valence-electron chi connectivity index (χ1n) is 11.8. The predicted octanol–water partition coefficient (Wildman–Crippen LogP) is 2.74. The minimum atomic E-state index is -0.633. The summed E-state index contributed by atoms with van der Waals surface area (Å²) < 4.78 is 11.1. The van der Waals surface area contributed by atoms with E-state index in [1.807, 2.05) is 6.07 Å². The number of carbonyl (C=O) groups is 3. The molecule has 4 rings (SSSR count). The van der Waals surface area contributed by atoms with Crippen molar-refractivity contribution in [2.45, 2.75) is 32.6 Å². The second-order valence-corrected chi connectivity index (χ2v) is 8.51. The molecule has 3 amide bonds. The SMILES string of the molecule is Cc1c(C(=O)NNC(=O)COc2ccccc2)oc2c1/C(=N/NC(=O)Cc1ccc([N+](=O)[O-])cc1)CCC2. The standard InChI is InChI=1S/C26H25N5O7/c1-16-24-20(27-28-22(32)14-17-10-12-18(13-11-17)31(35)36)8-5-9-21(24)38-25(16)26(34)30-29-23(33)15-37-19-6-3-2-4-7-19/h2-4,6-7,10-13H,5,8-9,14-15H2,1H3,(H,28,32)(H,29,33)(H,30,34)/b27-20+. The Morgan fingerprint density at radius 2 is 1.76 bits per heavy atom. The van der Waals surface area contributed by atoms with Crippen LogP contribution in [0.1, 0.15) is 45.8 Å². The molecule has 3 N–H and O–H groups in total. The van der Waals surface area contributed by atoms with Gasteiger partial charge in [0.05, 0.1) is 17.1 Å². The zero-order valence-corrected chi connectivity index (χ0v) is 20.5. The molecule has 0 saturated carbocycles. The van der Waals surface area contributed by atoms with Gasteiger partial charge in [-0.15, -0.1) is 0 Å². The van der Waals surface area contributed by atoms with Crippen molar-refractivity contribution in [2.75, 3.05) is 6.61 Å². The summed E-state index contributed by atoms with van der Waals surface area (Å²) in [6.45, 7) is 1.42. The number of para-hydroxylation sites is 1. The first-order valence-corrected chi connectivity index (χ1v) is 11.8. The number of nitro groups is 1. The van der Waals surface area contributed by atoms with Crippen molar-refractivity contribution < 1.29 is 28.5 Å². The van der Waals surface area contributed by atoms with Gasteiger partial charge in [-0.25, -0.2) is 5.43 Å². The van der Waals surface area contributed by atoms with Gasteiger partial charge in [-0.05, 0) is 37.5 Å². The second-order valence-electron chi connectivity index (χ2n) is 8.51. The van der Waals surface area contributed by atoms with E-state index in [1.165, 1.54) is 24.3 Å². The molecular weight excluding hydrogens is 494 g/mol. The van der Waals surface area contributed by atoms with Crippen LogP contribution in [0.4, 0.5) is 5.69 Å². The molecule has 12 heteroatoms. The Bertz CT molecular complexity index is 1380. The van der Waals surface area contributed by atoms with Crippen molar-refractivity contribution in [1.82, 2.24) is 16.3 Å². The highest BCUT2D eigenvalue weighted by Gasteiger charge is 2.28. The number of hydrazone groups is 1. The van der Waals surface area contributed by atoms with Gasteiger partial charge in [-0.2, -0.15) is 5.10 Å². The number of non-ortho nitro benzene ring substituents is 1.